The van der Waals surface area contributed by atoms with Crippen molar-refractivity contribution in [1.29, 1.82) is 0 Å². The van der Waals surface area contributed by atoms with Crippen molar-refractivity contribution in [3.63, 3.8) is 0 Å². The summed E-state index contributed by atoms with van der Waals surface area (Å²) in [5.41, 5.74) is 8.10. The van der Waals surface area contributed by atoms with E-state index in [0.717, 1.165) is 5.69 Å². The number of rotatable bonds is 1. The largest absolute Gasteiger partial charge is 0.369 e. The maximum absolute atomic E-state index is 13.6. The summed E-state index contributed by atoms with van der Waals surface area (Å²) in [6.45, 7) is 0. The number of nitrogen functional groups attached to an aromatic ring is 1. The molecule has 0 fully saturated rings. The van der Waals surface area contributed by atoms with Gasteiger partial charge in [0.15, 0.2) is 0 Å². The van der Waals surface area contributed by atoms with Gasteiger partial charge in [-0.2, -0.15) is 11.3 Å². The van der Waals surface area contributed by atoms with Crippen molar-refractivity contribution in [2.75, 3.05) is 5.73 Å². The molecule has 0 aliphatic rings. The number of nitrogens with zero attached hydrogens (tertiary/aromatic N) is 2. The third kappa shape index (κ3) is 1.64. The molecule has 6 heteroatoms. The summed E-state index contributed by atoms with van der Waals surface area (Å²) in [5.74, 6) is 0.0322. The summed E-state index contributed by atoms with van der Waals surface area (Å²) in [4.78, 5) is 4.22. The van der Waals surface area contributed by atoms with Crippen LogP contribution < -0.4 is 5.73 Å². The second-order valence-corrected chi connectivity index (χ2v) is 5.18. The first-order valence-electron chi connectivity index (χ1n) is 4.82. The van der Waals surface area contributed by atoms with E-state index >= 15 is 0 Å². The van der Waals surface area contributed by atoms with Crippen molar-refractivity contribution < 1.29 is 4.39 Å². The number of anilines is 1. The quantitative estimate of drug-likeness (QED) is 0.746. The number of hydrogen-bond acceptors (Lipinski definition) is 3. The monoisotopic (exact) mass is 311 g/mol. The first kappa shape index (κ1) is 10.7. The lowest BCUT2D eigenvalue weighted by atomic mass is 10.3. The van der Waals surface area contributed by atoms with Crippen LogP contribution in [0.25, 0.3) is 16.7 Å². The third-order valence-corrected chi connectivity index (χ3v) is 3.77. The van der Waals surface area contributed by atoms with Gasteiger partial charge in [0.25, 0.3) is 0 Å². The minimum Gasteiger partial charge on any atom is -0.369 e. The minimum atomic E-state index is -0.325. The van der Waals surface area contributed by atoms with Crippen LogP contribution in [0.2, 0.25) is 0 Å². The molecule has 2 aromatic heterocycles. The third-order valence-electron chi connectivity index (χ3n) is 2.49. The molecule has 86 valence electrons. The molecule has 0 unspecified atom stereocenters. The molecule has 0 spiro atoms. The zero-order chi connectivity index (χ0) is 12.0. The number of hydrogen-bond donors (Lipinski definition) is 1. The van der Waals surface area contributed by atoms with Crippen LogP contribution in [0.3, 0.4) is 0 Å². The zero-order valence-corrected chi connectivity index (χ0v) is 10.9. The second kappa shape index (κ2) is 3.82. The van der Waals surface area contributed by atoms with Crippen molar-refractivity contribution >= 4 is 44.2 Å². The number of thiophene rings is 1. The van der Waals surface area contributed by atoms with E-state index in [1.54, 1.807) is 22.0 Å². The molecule has 3 aromatic rings. The lowest BCUT2D eigenvalue weighted by Crippen LogP contribution is -1.99. The zero-order valence-electron chi connectivity index (χ0n) is 8.52. The van der Waals surface area contributed by atoms with E-state index in [4.69, 9.17) is 5.73 Å². The van der Waals surface area contributed by atoms with E-state index in [1.807, 2.05) is 16.8 Å². The Morgan fingerprint density at radius 1 is 1.41 bits per heavy atom. The first-order chi connectivity index (χ1) is 8.16. The van der Waals surface area contributed by atoms with Crippen LogP contribution in [0, 0.1) is 5.82 Å². The van der Waals surface area contributed by atoms with Crippen LogP contribution in [-0.4, -0.2) is 9.55 Å². The van der Waals surface area contributed by atoms with Gasteiger partial charge in [-0.15, -0.1) is 0 Å². The molecule has 17 heavy (non-hydrogen) atoms. The number of fused-ring (bicyclic) bond motifs is 1. The van der Waals surface area contributed by atoms with Crippen molar-refractivity contribution in [1.82, 2.24) is 9.55 Å². The molecule has 0 atom stereocenters. The molecule has 3 nitrogen and oxygen atoms in total. The maximum Gasteiger partial charge on any atom is 0.205 e. The molecule has 0 aliphatic carbocycles. The average Bonchev–Trinajstić information content (AvgIpc) is 2.86. The molecule has 0 bridgehead atoms. The van der Waals surface area contributed by atoms with Gasteiger partial charge in [-0.25, -0.2) is 9.37 Å². The van der Waals surface area contributed by atoms with Crippen LogP contribution in [0.4, 0.5) is 10.3 Å². The van der Waals surface area contributed by atoms with Crippen molar-refractivity contribution in [3.8, 4) is 5.69 Å². The normalized spacial score (nSPS) is 11.2. The summed E-state index contributed by atoms with van der Waals surface area (Å²) >= 11 is 4.69. The van der Waals surface area contributed by atoms with Crippen molar-refractivity contribution in [2.24, 2.45) is 0 Å². The number of halogens is 2. The van der Waals surface area contributed by atoms with Crippen molar-refractivity contribution in [2.45, 2.75) is 0 Å². The van der Waals surface area contributed by atoms with Gasteiger partial charge >= 0.3 is 0 Å². The molecule has 0 saturated carbocycles. The Hall–Kier alpha value is -1.40. The van der Waals surface area contributed by atoms with Crippen LogP contribution in [0.15, 0.2) is 33.4 Å². The number of benzene rings is 1. The fourth-order valence-corrected chi connectivity index (χ4v) is 2.70. The number of imidazole rings is 1. The molecule has 2 heterocycles. The summed E-state index contributed by atoms with van der Waals surface area (Å²) in [7, 11) is 0. The lowest BCUT2D eigenvalue weighted by Gasteiger charge is -2.03. The minimum absolute atomic E-state index is 0.325. The average molecular weight is 312 g/mol. The highest BCUT2D eigenvalue weighted by molar-refractivity contribution is 9.10. The van der Waals surface area contributed by atoms with Gasteiger partial charge in [-0.3, -0.25) is 4.57 Å². The van der Waals surface area contributed by atoms with E-state index in [1.165, 1.54) is 6.07 Å². The highest BCUT2D eigenvalue weighted by Crippen LogP contribution is 2.28. The summed E-state index contributed by atoms with van der Waals surface area (Å²) < 4.78 is 15.7. The first-order valence-corrected chi connectivity index (χ1v) is 6.56. The Kier molecular flexibility index (Phi) is 2.41. The lowest BCUT2D eigenvalue weighted by molar-refractivity contribution is 0.622. The predicted molar refractivity (Wildman–Crippen MR) is 71.0 cm³/mol. The van der Waals surface area contributed by atoms with Gasteiger partial charge in [0, 0.05) is 11.4 Å². The Bertz CT molecular complexity index is 690. The molecule has 3 rings (SSSR count). The SMILES string of the molecule is Nc1nc2cc(Br)c(F)cc2n1-c1ccsc1. The van der Waals surface area contributed by atoms with Crippen LogP contribution >= 0.6 is 27.3 Å². The van der Waals surface area contributed by atoms with Gasteiger partial charge in [-0.05, 0) is 33.4 Å². The molecule has 1 aromatic carbocycles. The fraction of sp³-hybridized carbons (Fsp3) is 0. The summed E-state index contributed by atoms with van der Waals surface area (Å²) in [5, 5.41) is 3.88. The van der Waals surface area contributed by atoms with Crippen LogP contribution in [-0.2, 0) is 0 Å². The molecule has 0 radical (unpaired) electrons. The summed E-state index contributed by atoms with van der Waals surface area (Å²) in [6.07, 6.45) is 0. The number of aromatic nitrogens is 2. The van der Waals surface area contributed by atoms with Gasteiger partial charge in [-0.1, -0.05) is 0 Å². The van der Waals surface area contributed by atoms with E-state index in [9.17, 15) is 4.39 Å². The van der Waals surface area contributed by atoms with Crippen LogP contribution in [0.1, 0.15) is 0 Å². The standard InChI is InChI=1S/C11H7BrFN3S/c12-7-3-9-10(4-8(7)13)16(11(14)15-9)6-1-2-17-5-6/h1-5H,(H2,14,15). The highest BCUT2D eigenvalue weighted by Gasteiger charge is 2.13. The van der Waals surface area contributed by atoms with E-state index in [2.05, 4.69) is 20.9 Å². The predicted octanol–water partition coefficient (Wildman–Crippen LogP) is 3.57. The smallest absolute Gasteiger partial charge is 0.205 e. The molecule has 0 amide bonds. The molecule has 0 saturated heterocycles. The number of nitrogens with two attached hydrogens (primary N) is 1. The molecular weight excluding hydrogens is 305 g/mol. The van der Waals surface area contributed by atoms with Gasteiger partial charge in [0.2, 0.25) is 5.95 Å². The Morgan fingerprint density at radius 3 is 2.94 bits per heavy atom. The fourth-order valence-electron chi connectivity index (χ4n) is 1.75. The summed E-state index contributed by atoms with van der Waals surface area (Å²) in [6, 6.07) is 4.98. The Morgan fingerprint density at radius 2 is 2.24 bits per heavy atom. The topological polar surface area (TPSA) is 43.8 Å². The van der Waals surface area contributed by atoms with E-state index in [0.29, 0.717) is 21.5 Å². The Labute approximate surface area is 109 Å². The van der Waals surface area contributed by atoms with E-state index < -0.39 is 0 Å². The molecular formula is C11H7BrFN3S. The maximum atomic E-state index is 13.6. The van der Waals surface area contributed by atoms with Gasteiger partial charge in [0.05, 0.1) is 21.2 Å². The molecule has 2 N–H and O–H groups in total. The Balaban J connectivity index is 2.38. The van der Waals surface area contributed by atoms with Gasteiger partial charge in [0.1, 0.15) is 5.82 Å². The van der Waals surface area contributed by atoms with E-state index in [-0.39, 0.29) is 5.82 Å². The molecule has 0 aliphatic heterocycles. The van der Waals surface area contributed by atoms with Crippen molar-refractivity contribution in [3.05, 3.63) is 39.2 Å². The highest BCUT2D eigenvalue weighted by atomic mass is 79.9. The second-order valence-electron chi connectivity index (χ2n) is 3.54. The van der Waals surface area contributed by atoms with Gasteiger partial charge < -0.3 is 5.73 Å². The van der Waals surface area contributed by atoms with Crippen LogP contribution in [0.5, 0.6) is 0 Å².